The number of hydrogen-bond acceptors (Lipinski definition) is 3. The zero-order chi connectivity index (χ0) is 15.7. The maximum absolute atomic E-state index is 10.6. The molecule has 1 heterocycles. The number of likely N-dealkylation sites (tertiary alicyclic amines) is 1. The number of aliphatic carboxylic acids is 1. The molecule has 1 atom stereocenters. The largest absolute Gasteiger partial charge is 0.480 e. The first-order valence-corrected chi connectivity index (χ1v) is 8.72. The fourth-order valence-corrected chi connectivity index (χ4v) is 3.59. The lowest BCUT2D eigenvalue weighted by Crippen LogP contribution is -2.53. The van der Waals surface area contributed by atoms with Crippen LogP contribution in [0.4, 0.5) is 0 Å². The van der Waals surface area contributed by atoms with Crippen LogP contribution in [0.1, 0.15) is 72.1 Å². The van der Waals surface area contributed by atoms with Gasteiger partial charge < -0.3 is 10.4 Å². The van der Waals surface area contributed by atoms with Crippen LogP contribution in [0.3, 0.4) is 0 Å². The number of carboxylic acids is 1. The van der Waals surface area contributed by atoms with Crippen LogP contribution in [0.25, 0.3) is 0 Å². The van der Waals surface area contributed by atoms with Gasteiger partial charge in [0.2, 0.25) is 0 Å². The van der Waals surface area contributed by atoms with E-state index in [1.165, 1.54) is 38.5 Å². The fraction of sp³-hybridized carbons (Fsp3) is 0.941. The van der Waals surface area contributed by atoms with Gasteiger partial charge in [-0.15, -0.1) is 0 Å². The number of carboxylic acid groups (broad SMARTS) is 1. The van der Waals surface area contributed by atoms with Gasteiger partial charge in [0.25, 0.3) is 0 Å². The molecule has 1 aliphatic heterocycles. The Balaban J connectivity index is 2.44. The lowest BCUT2D eigenvalue weighted by Gasteiger charge is -2.45. The molecule has 1 saturated heterocycles. The van der Waals surface area contributed by atoms with E-state index in [2.05, 4.69) is 31.0 Å². The standard InChI is InChI=1S/C17H34N2O2/c1-4-6-7-11-17(3,10-5-2)19-12-8-15(9-13-19)18-14-16(20)21/h15,18H,4-14H2,1-3H3,(H,20,21). The maximum atomic E-state index is 10.6. The van der Waals surface area contributed by atoms with E-state index in [9.17, 15) is 4.79 Å². The summed E-state index contributed by atoms with van der Waals surface area (Å²) in [6.45, 7) is 9.25. The van der Waals surface area contributed by atoms with E-state index in [1.54, 1.807) is 0 Å². The second-order valence-corrected chi connectivity index (χ2v) is 6.74. The van der Waals surface area contributed by atoms with Gasteiger partial charge in [-0.25, -0.2) is 0 Å². The quantitative estimate of drug-likeness (QED) is 0.608. The van der Waals surface area contributed by atoms with Gasteiger partial charge in [0.05, 0.1) is 6.54 Å². The lowest BCUT2D eigenvalue weighted by molar-refractivity contribution is -0.136. The highest BCUT2D eigenvalue weighted by molar-refractivity contribution is 5.69. The smallest absolute Gasteiger partial charge is 0.317 e. The molecular formula is C17H34N2O2. The van der Waals surface area contributed by atoms with E-state index >= 15 is 0 Å². The lowest BCUT2D eigenvalue weighted by atomic mass is 9.85. The summed E-state index contributed by atoms with van der Waals surface area (Å²) in [5.41, 5.74) is 0.335. The summed E-state index contributed by atoms with van der Waals surface area (Å²) < 4.78 is 0. The van der Waals surface area contributed by atoms with Crippen molar-refractivity contribution in [2.24, 2.45) is 0 Å². The fourth-order valence-electron chi connectivity index (χ4n) is 3.59. The monoisotopic (exact) mass is 298 g/mol. The number of nitrogens with zero attached hydrogens (tertiary/aromatic N) is 1. The van der Waals surface area contributed by atoms with Crippen molar-refractivity contribution in [3.05, 3.63) is 0 Å². The van der Waals surface area contributed by atoms with E-state index in [0.29, 0.717) is 11.6 Å². The Morgan fingerprint density at radius 1 is 1.19 bits per heavy atom. The highest BCUT2D eigenvalue weighted by Gasteiger charge is 2.33. The molecule has 0 aromatic heterocycles. The molecule has 4 heteroatoms. The van der Waals surface area contributed by atoms with E-state index in [-0.39, 0.29) is 6.54 Å². The van der Waals surface area contributed by atoms with Crippen molar-refractivity contribution < 1.29 is 9.90 Å². The van der Waals surface area contributed by atoms with Crippen molar-refractivity contribution in [2.45, 2.75) is 83.7 Å². The number of nitrogens with one attached hydrogen (secondary N) is 1. The number of rotatable bonds is 10. The Hall–Kier alpha value is -0.610. The molecule has 4 nitrogen and oxygen atoms in total. The third kappa shape index (κ3) is 6.35. The molecule has 0 aromatic rings. The molecule has 0 amide bonds. The van der Waals surface area contributed by atoms with Gasteiger partial charge in [0.15, 0.2) is 0 Å². The Morgan fingerprint density at radius 3 is 2.38 bits per heavy atom. The molecular weight excluding hydrogens is 264 g/mol. The van der Waals surface area contributed by atoms with Crippen LogP contribution in [0.15, 0.2) is 0 Å². The maximum Gasteiger partial charge on any atom is 0.317 e. The summed E-state index contributed by atoms with van der Waals surface area (Å²) in [5.74, 6) is -0.757. The van der Waals surface area contributed by atoms with E-state index in [4.69, 9.17) is 5.11 Å². The molecule has 1 fully saturated rings. The molecule has 1 aliphatic rings. The number of carbonyl (C=O) groups is 1. The van der Waals surface area contributed by atoms with Crippen molar-refractivity contribution in [3.63, 3.8) is 0 Å². The molecule has 0 radical (unpaired) electrons. The van der Waals surface area contributed by atoms with Crippen molar-refractivity contribution in [1.82, 2.24) is 10.2 Å². The summed E-state index contributed by atoms with van der Waals surface area (Å²) in [5, 5.41) is 11.9. The summed E-state index contributed by atoms with van der Waals surface area (Å²) in [4.78, 5) is 13.3. The second kappa shape index (κ2) is 9.42. The summed E-state index contributed by atoms with van der Waals surface area (Å²) in [7, 11) is 0. The topological polar surface area (TPSA) is 52.6 Å². The minimum Gasteiger partial charge on any atom is -0.480 e. The SMILES string of the molecule is CCCCCC(C)(CCC)N1CCC(NCC(=O)O)CC1. The zero-order valence-electron chi connectivity index (χ0n) is 14.2. The van der Waals surface area contributed by atoms with Crippen LogP contribution >= 0.6 is 0 Å². The average Bonchev–Trinajstić information content (AvgIpc) is 2.46. The highest BCUT2D eigenvalue weighted by atomic mass is 16.4. The molecule has 1 unspecified atom stereocenters. The minimum atomic E-state index is -0.757. The van der Waals surface area contributed by atoms with Crippen LogP contribution < -0.4 is 5.32 Å². The van der Waals surface area contributed by atoms with Crippen molar-refractivity contribution in [1.29, 1.82) is 0 Å². The van der Waals surface area contributed by atoms with Crippen LogP contribution in [0.2, 0.25) is 0 Å². The summed E-state index contributed by atoms with van der Waals surface area (Å²) in [6.07, 6.45) is 9.87. The first-order valence-electron chi connectivity index (χ1n) is 8.72. The molecule has 124 valence electrons. The minimum absolute atomic E-state index is 0.0907. The Labute approximate surface area is 130 Å². The van der Waals surface area contributed by atoms with Gasteiger partial charge >= 0.3 is 5.97 Å². The Bertz CT molecular complexity index is 301. The Kier molecular flexibility index (Phi) is 8.27. The molecule has 0 bridgehead atoms. The van der Waals surface area contributed by atoms with E-state index < -0.39 is 5.97 Å². The van der Waals surface area contributed by atoms with Crippen LogP contribution in [0, 0.1) is 0 Å². The molecule has 21 heavy (non-hydrogen) atoms. The number of unbranched alkanes of at least 4 members (excludes halogenated alkanes) is 2. The molecule has 0 aromatic carbocycles. The predicted octanol–water partition coefficient (Wildman–Crippen LogP) is 3.26. The van der Waals surface area contributed by atoms with Crippen molar-refractivity contribution in [3.8, 4) is 0 Å². The van der Waals surface area contributed by atoms with Crippen molar-refractivity contribution >= 4 is 5.97 Å². The number of hydrogen-bond donors (Lipinski definition) is 2. The molecule has 2 N–H and O–H groups in total. The molecule has 1 rings (SSSR count). The van der Waals surface area contributed by atoms with Gasteiger partial charge in [-0.05, 0) is 32.6 Å². The average molecular weight is 298 g/mol. The van der Waals surface area contributed by atoms with Gasteiger partial charge in [0.1, 0.15) is 0 Å². The molecule has 0 aliphatic carbocycles. The van der Waals surface area contributed by atoms with E-state index in [1.807, 2.05) is 0 Å². The second-order valence-electron chi connectivity index (χ2n) is 6.74. The van der Waals surface area contributed by atoms with Gasteiger partial charge in [-0.2, -0.15) is 0 Å². The number of piperidine rings is 1. The van der Waals surface area contributed by atoms with Crippen LogP contribution in [-0.4, -0.2) is 47.2 Å². The highest BCUT2D eigenvalue weighted by Crippen LogP contribution is 2.30. The predicted molar refractivity (Wildman–Crippen MR) is 87.7 cm³/mol. The Morgan fingerprint density at radius 2 is 1.86 bits per heavy atom. The molecule has 0 spiro atoms. The zero-order valence-corrected chi connectivity index (χ0v) is 14.2. The first-order chi connectivity index (χ1) is 10.0. The third-order valence-corrected chi connectivity index (χ3v) is 4.91. The summed E-state index contributed by atoms with van der Waals surface area (Å²) in [6, 6.07) is 0.374. The van der Waals surface area contributed by atoms with Crippen LogP contribution in [-0.2, 0) is 4.79 Å². The summed E-state index contributed by atoms with van der Waals surface area (Å²) >= 11 is 0. The third-order valence-electron chi connectivity index (χ3n) is 4.91. The first kappa shape index (κ1) is 18.4. The van der Waals surface area contributed by atoms with Crippen molar-refractivity contribution in [2.75, 3.05) is 19.6 Å². The molecule has 0 saturated carbocycles. The van der Waals surface area contributed by atoms with E-state index in [0.717, 1.165) is 25.9 Å². The van der Waals surface area contributed by atoms with Gasteiger partial charge in [-0.1, -0.05) is 39.5 Å². The van der Waals surface area contributed by atoms with Gasteiger partial charge in [0, 0.05) is 24.7 Å². The normalized spacial score (nSPS) is 20.3. The van der Waals surface area contributed by atoms with Crippen LogP contribution in [0.5, 0.6) is 0 Å². The van der Waals surface area contributed by atoms with Gasteiger partial charge in [-0.3, -0.25) is 9.69 Å².